The van der Waals surface area contributed by atoms with Gasteiger partial charge >= 0.3 is 0 Å². The third-order valence-corrected chi connectivity index (χ3v) is 3.11. The largest absolute Gasteiger partial charge is 0.496 e. The second-order valence-corrected chi connectivity index (χ2v) is 4.69. The van der Waals surface area contributed by atoms with Gasteiger partial charge in [0, 0.05) is 22.4 Å². The summed E-state index contributed by atoms with van der Waals surface area (Å²) in [5.41, 5.74) is 4.74. The highest BCUT2D eigenvalue weighted by Gasteiger charge is 2.16. The summed E-state index contributed by atoms with van der Waals surface area (Å²) in [6, 6.07) is 9.58. The molecule has 0 spiro atoms. The third-order valence-electron chi connectivity index (χ3n) is 2.68. The molecular weight excluding hydrogens is 294 g/mol. The van der Waals surface area contributed by atoms with E-state index in [-0.39, 0.29) is 6.04 Å². The third kappa shape index (κ3) is 2.69. The van der Waals surface area contributed by atoms with E-state index in [0.29, 0.717) is 0 Å². The minimum Gasteiger partial charge on any atom is -0.496 e. The van der Waals surface area contributed by atoms with E-state index < -0.39 is 0 Å². The molecule has 1 aromatic heterocycles. The molecule has 0 aliphatic carbocycles. The summed E-state index contributed by atoms with van der Waals surface area (Å²) >= 11 is 3.41. The Hall–Kier alpha value is -1.43. The number of ether oxygens (including phenoxy) is 1. The molecule has 94 valence electrons. The summed E-state index contributed by atoms with van der Waals surface area (Å²) in [5.74, 6) is 6.45. The minimum absolute atomic E-state index is 0.161. The highest BCUT2D eigenvalue weighted by Crippen LogP contribution is 2.29. The Morgan fingerprint density at radius 2 is 2.11 bits per heavy atom. The molecule has 0 aliphatic rings. The highest BCUT2D eigenvalue weighted by molar-refractivity contribution is 9.10. The van der Waals surface area contributed by atoms with Crippen LogP contribution in [0.3, 0.4) is 0 Å². The standard InChI is InChI=1S/C13H14BrN3O/c1-18-12-5-3-2-4-11(12)13(17-15)9-6-10(14)8-16-7-9/h2-8,13,17H,15H2,1H3. The first-order valence-corrected chi connectivity index (χ1v) is 6.25. The molecule has 0 bridgehead atoms. The van der Waals surface area contributed by atoms with Crippen LogP contribution < -0.4 is 16.0 Å². The van der Waals surface area contributed by atoms with Gasteiger partial charge in [0.05, 0.1) is 13.2 Å². The Bertz CT molecular complexity index is 533. The molecule has 0 amide bonds. The maximum atomic E-state index is 5.66. The topological polar surface area (TPSA) is 60.2 Å². The Balaban J connectivity index is 2.45. The van der Waals surface area contributed by atoms with Crippen LogP contribution in [0.1, 0.15) is 17.2 Å². The number of para-hydroxylation sites is 1. The number of nitrogens with one attached hydrogen (secondary N) is 1. The molecule has 18 heavy (non-hydrogen) atoms. The molecule has 1 aromatic carbocycles. The zero-order valence-electron chi connectivity index (χ0n) is 9.93. The van der Waals surface area contributed by atoms with Crippen LogP contribution in [0.2, 0.25) is 0 Å². The average Bonchev–Trinajstić information content (AvgIpc) is 2.40. The van der Waals surface area contributed by atoms with Gasteiger partial charge in [0.1, 0.15) is 5.75 Å². The maximum Gasteiger partial charge on any atom is 0.124 e. The zero-order valence-corrected chi connectivity index (χ0v) is 11.5. The molecule has 1 unspecified atom stereocenters. The van der Waals surface area contributed by atoms with Crippen molar-refractivity contribution in [3.63, 3.8) is 0 Å². The summed E-state index contributed by atoms with van der Waals surface area (Å²) in [6.07, 6.45) is 3.51. The molecule has 3 N–H and O–H groups in total. The number of rotatable bonds is 4. The van der Waals surface area contributed by atoms with E-state index in [0.717, 1.165) is 21.3 Å². The average molecular weight is 308 g/mol. The number of hydrogen-bond acceptors (Lipinski definition) is 4. The first-order chi connectivity index (χ1) is 8.76. The molecule has 0 aliphatic heterocycles. The molecule has 5 heteroatoms. The van der Waals surface area contributed by atoms with Crippen LogP contribution in [0.5, 0.6) is 5.75 Å². The lowest BCUT2D eigenvalue weighted by Crippen LogP contribution is -2.29. The van der Waals surface area contributed by atoms with Crippen molar-refractivity contribution >= 4 is 15.9 Å². The Labute approximate surface area is 114 Å². The molecule has 2 rings (SSSR count). The fourth-order valence-electron chi connectivity index (χ4n) is 1.86. The van der Waals surface area contributed by atoms with Gasteiger partial charge in [-0.25, -0.2) is 5.43 Å². The molecule has 1 heterocycles. The second-order valence-electron chi connectivity index (χ2n) is 3.78. The van der Waals surface area contributed by atoms with Crippen LogP contribution in [0.15, 0.2) is 47.2 Å². The quantitative estimate of drug-likeness (QED) is 0.672. The smallest absolute Gasteiger partial charge is 0.124 e. The van der Waals surface area contributed by atoms with Gasteiger partial charge in [-0.2, -0.15) is 0 Å². The lowest BCUT2D eigenvalue weighted by molar-refractivity contribution is 0.404. The SMILES string of the molecule is COc1ccccc1C(NN)c1cncc(Br)c1. The Morgan fingerprint density at radius 1 is 1.33 bits per heavy atom. The van der Waals surface area contributed by atoms with Gasteiger partial charge in [0.2, 0.25) is 0 Å². The van der Waals surface area contributed by atoms with Crippen LogP contribution >= 0.6 is 15.9 Å². The number of benzene rings is 1. The number of hydrogen-bond donors (Lipinski definition) is 2. The number of nitrogens with two attached hydrogens (primary N) is 1. The van der Waals surface area contributed by atoms with Crippen molar-refractivity contribution in [3.05, 3.63) is 58.3 Å². The zero-order chi connectivity index (χ0) is 13.0. The van der Waals surface area contributed by atoms with Crippen LogP contribution in [-0.2, 0) is 0 Å². The summed E-state index contributed by atoms with van der Waals surface area (Å²) in [4.78, 5) is 4.15. The van der Waals surface area contributed by atoms with E-state index in [2.05, 4.69) is 26.3 Å². The lowest BCUT2D eigenvalue weighted by atomic mass is 10.00. The second kappa shape index (κ2) is 5.95. The van der Waals surface area contributed by atoms with Crippen molar-refractivity contribution in [3.8, 4) is 5.75 Å². The van der Waals surface area contributed by atoms with Gasteiger partial charge in [-0.05, 0) is 33.6 Å². The van der Waals surface area contributed by atoms with E-state index in [9.17, 15) is 0 Å². The first-order valence-electron chi connectivity index (χ1n) is 5.45. The summed E-state index contributed by atoms with van der Waals surface area (Å²) < 4.78 is 6.26. The van der Waals surface area contributed by atoms with E-state index in [1.54, 1.807) is 19.5 Å². The minimum atomic E-state index is -0.161. The molecule has 0 fully saturated rings. The summed E-state index contributed by atoms with van der Waals surface area (Å²) in [5, 5.41) is 0. The Kier molecular flexibility index (Phi) is 4.30. The number of nitrogens with zero attached hydrogens (tertiary/aromatic N) is 1. The fourth-order valence-corrected chi connectivity index (χ4v) is 2.24. The lowest BCUT2D eigenvalue weighted by Gasteiger charge is -2.19. The first kappa shape index (κ1) is 13.0. The fraction of sp³-hybridized carbons (Fsp3) is 0.154. The molecule has 0 saturated heterocycles. The number of pyridine rings is 1. The van der Waals surface area contributed by atoms with E-state index in [1.165, 1.54) is 0 Å². The van der Waals surface area contributed by atoms with E-state index in [1.807, 2.05) is 30.3 Å². The van der Waals surface area contributed by atoms with Crippen molar-refractivity contribution in [2.45, 2.75) is 6.04 Å². The van der Waals surface area contributed by atoms with Gasteiger partial charge in [-0.3, -0.25) is 10.8 Å². The van der Waals surface area contributed by atoms with Gasteiger partial charge in [0.25, 0.3) is 0 Å². The van der Waals surface area contributed by atoms with Crippen molar-refractivity contribution < 1.29 is 4.74 Å². The molecule has 4 nitrogen and oxygen atoms in total. The predicted octanol–water partition coefficient (Wildman–Crippen LogP) is 2.41. The Morgan fingerprint density at radius 3 is 2.78 bits per heavy atom. The van der Waals surface area contributed by atoms with Crippen molar-refractivity contribution in [1.82, 2.24) is 10.4 Å². The number of aromatic nitrogens is 1. The monoisotopic (exact) mass is 307 g/mol. The van der Waals surface area contributed by atoms with Crippen LogP contribution in [0.25, 0.3) is 0 Å². The van der Waals surface area contributed by atoms with Gasteiger partial charge in [-0.15, -0.1) is 0 Å². The van der Waals surface area contributed by atoms with Crippen molar-refractivity contribution in [2.24, 2.45) is 5.84 Å². The molecule has 2 aromatic rings. The van der Waals surface area contributed by atoms with Crippen molar-refractivity contribution in [1.29, 1.82) is 0 Å². The van der Waals surface area contributed by atoms with Gasteiger partial charge < -0.3 is 4.74 Å². The molecular formula is C13H14BrN3O. The normalized spacial score (nSPS) is 12.2. The number of methoxy groups -OCH3 is 1. The number of hydrazine groups is 1. The molecule has 0 saturated carbocycles. The molecule has 0 radical (unpaired) electrons. The van der Waals surface area contributed by atoms with Gasteiger partial charge in [-0.1, -0.05) is 18.2 Å². The highest BCUT2D eigenvalue weighted by atomic mass is 79.9. The van der Waals surface area contributed by atoms with Crippen LogP contribution in [0, 0.1) is 0 Å². The maximum absolute atomic E-state index is 5.66. The van der Waals surface area contributed by atoms with Gasteiger partial charge in [0.15, 0.2) is 0 Å². The molecule has 1 atom stereocenters. The van der Waals surface area contributed by atoms with E-state index >= 15 is 0 Å². The summed E-state index contributed by atoms with van der Waals surface area (Å²) in [7, 11) is 1.64. The van der Waals surface area contributed by atoms with E-state index in [4.69, 9.17) is 10.6 Å². The predicted molar refractivity (Wildman–Crippen MR) is 74.1 cm³/mol. The van der Waals surface area contributed by atoms with Crippen LogP contribution in [-0.4, -0.2) is 12.1 Å². The van der Waals surface area contributed by atoms with Crippen molar-refractivity contribution in [2.75, 3.05) is 7.11 Å². The van der Waals surface area contributed by atoms with Crippen LogP contribution in [0.4, 0.5) is 0 Å². The number of halogens is 1. The summed E-state index contributed by atoms with van der Waals surface area (Å²) in [6.45, 7) is 0.